The summed E-state index contributed by atoms with van der Waals surface area (Å²) in [6.07, 6.45) is 0. The van der Waals surface area contributed by atoms with Gasteiger partial charge in [-0.05, 0) is 23.3 Å². The largest absolute Gasteiger partial charge is 0.496 e. The Labute approximate surface area is 156 Å². The molecular formula is C21H17NO5. The summed E-state index contributed by atoms with van der Waals surface area (Å²) in [6, 6.07) is 22.4. The topological polar surface area (TPSA) is 78.7 Å². The molecule has 3 aromatic carbocycles. The molecule has 3 rings (SSSR count). The SMILES string of the molecule is COc1ccc(OC(=O)C(c2ccccc2)c2ccccc2)c([N+](=O)[O-])c1. The van der Waals surface area contributed by atoms with Crippen LogP contribution in [0.25, 0.3) is 0 Å². The molecule has 0 spiro atoms. The van der Waals surface area contributed by atoms with Gasteiger partial charge in [-0.2, -0.15) is 0 Å². The zero-order chi connectivity index (χ0) is 19.2. The van der Waals surface area contributed by atoms with Crippen LogP contribution in [0, 0.1) is 10.1 Å². The maximum absolute atomic E-state index is 13.0. The van der Waals surface area contributed by atoms with E-state index in [1.807, 2.05) is 60.7 Å². The van der Waals surface area contributed by atoms with Gasteiger partial charge in [0.15, 0.2) is 0 Å². The number of hydrogen-bond acceptors (Lipinski definition) is 5. The van der Waals surface area contributed by atoms with Crippen molar-refractivity contribution in [3.05, 3.63) is 100 Å². The predicted octanol–water partition coefficient (Wildman–Crippen LogP) is 4.34. The van der Waals surface area contributed by atoms with Gasteiger partial charge in [0, 0.05) is 0 Å². The van der Waals surface area contributed by atoms with Gasteiger partial charge in [-0.1, -0.05) is 60.7 Å². The Kier molecular flexibility index (Phi) is 5.47. The van der Waals surface area contributed by atoms with Crippen molar-refractivity contribution < 1.29 is 19.2 Å². The number of nitro benzene ring substituents is 1. The van der Waals surface area contributed by atoms with E-state index < -0.39 is 16.8 Å². The van der Waals surface area contributed by atoms with E-state index in [2.05, 4.69) is 0 Å². The molecule has 6 heteroatoms. The fourth-order valence-electron chi connectivity index (χ4n) is 2.78. The van der Waals surface area contributed by atoms with Gasteiger partial charge in [-0.15, -0.1) is 0 Å². The zero-order valence-electron chi connectivity index (χ0n) is 14.6. The van der Waals surface area contributed by atoms with E-state index >= 15 is 0 Å². The van der Waals surface area contributed by atoms with Crippen molar-refractivity contribution >= 4 is 11.7 Å². The van der Waals surface area contributed by atoms with Crippen molar-refractivity contribution in [2.24, 2.45) is 0 Å². The van der Waals surface area contributed by atoms with Crippen LogP contribution in [-0.2, 0) is 4.79 Å². The van der Waals surface area contributed by atoms with Crippen LogP contribution in [0.15, 0.2) is 78.9 Å². The molecule has 0 aliphatic heterocycles. The van der Waals surface area contributed by atoms with Crippen LogP contribution in [0.1, 0.15) is 17.0 Å². The van der Waals surface area contributed by atoms with Gasteiger partial charge >= 0.3 is 11.7 Å². The fourth-order valence-corrected chi connectivity index (χ4v) is 2.78. The van der Waals surface area contributed by atoms with Crippen molar-refractivity contribution in [1.82, 2.24) is 0 Å². The Morgan fingerprint density at radius 2 is 1.48 bits per heavy atom. The van der Waals surface area contributed by atoms with Crippen LogP contribution in [0.3, 0.4) is 0 Å². The normalized spacial score (nSPS) is 10.4. The predicted molar refractivity (Wildman–Crippen MR) is 100 cm³/mol. The lowest BCUT2D eigenvalue weighted by molar-refractivity contribution is -0.385. The Balaban J connectivity index is 1.98. The molecule has 6 nitrogen and oxygen atoms in total. The molecule has 0 aliphatic carbocycles. The second kappa shape index (κ2) is 8.14. The number of rotatable bonds is 6. The Morgan fingerprint density at radius 1 is 0.926 bits per heavy atom. The maximum atomic E-state index is 13.0. The molecule has 0 fully saturated rings. The van der Waals surface area contributed by atoms with Crippen molar-refractivity contribution in [3.63, 3.8) is 0 Å². The summed E-state index contributed by atoms with van der Waals surface area (Å²) in [5.74, 6) is -1.11. The summed E-state index contributed by atoms with van der Waals surface area (Å²) in [6.45, 7) is 0. The Morgan fingerprint density at radius 3 is 1.96 bits per heavy atom. The number of nitro groups is 1. The molecule has 0 heterocycles. The van der Waals surface area contributed by atoms with Crippen LogP contribution >= 0.6 is 0 Å². The van der Waals surface area contributed by atoms with E-state index in [4.69, 9.17) is 9.47 Å². The van der Waals surface area contributed by atoms with Gasteiger partial charge in [0.25, 0.3) is 0 Å². The highest BCUT2D eigenvalue weighted by molar-refractivity contribution is 5.84. The third-order valence-electron chi connectivity index (χ3n) is 4.07. The average molecular weight is 363 g/mol. The lowest BCUT2D eigenvalue weighted by Crippen LogP contribution is -2.20. The van der Waals surface area contributed by atoms with Crippen LogP contribution in [-0.4, -0.2) is 18.0 Å². The quantitative estimate of drug-likeness (QED) is 0.282. The molecule has 0 saturated heterocycles. The number of nitrogens with zero attached hydrogens (tertiary/aromatic N) is 1. The van der Waals surface area contributed by atoms with E-state index in [1.165, 1.54) is 25.3 Å². The molecule has 0 radical (unpaired) electrons. The third kappa shape index (κ3) is 4.12. The molecule has 0 bridgehead atoms. The summed E-state index contributed by atoms with van der Waals surface area (Å²) < 4.78 is 10.4. The van der Waals surface area contributed by atoms with E-state index in [0.29, 0.717) is 5.75 Å². The van der Waals surface area contributed by atoms with Gasteiger partial charge < -0.3 is 9.47 Å². The van der Waals surface area contributed by atoms with Gasteiger partial charge in [0.1, 0.15) is 11.7 Å². The number of methoxy groups -OCH3 is 1. The summed E-state index contributed by atoms with van der Waals surface area (Å²) in [5.41, 5.74) is 1.15. The molecule has 136 valence electrons. The second-order valence-corrected chi connectivity index (χ2v) is 5.77. The minimum absolute atomic E-state index is 0.123. The van der Waals surface area contributed by atoms with Gasteiger partial charge in [0.05, 0.1) is 18.1 Å². The van der Waals surface area contributed by atoms with E-state index in [1.54, 1.807) is 0 Å². The first kappa shape index (κ1) is 18.1. The fraction of sp³-hybridized carbons (Fsp3) is 0.0952. The first-order valence-corrected chi connectivity index (χ1v) is 8.24. The first-order valence-electron chi connectivity index (χ1n) is 8.24. The Hall–Kier alpha value is -3.67. The Bertz CT molecular complexity index is 902. The van der Waals surface area contributed by atoms with Crippen molar-refractivity contribution in [2.75, 3.05) is 7.11 Å². The molecule has 0 aromatic heterocycles. The summed E-state index contributed by atoms with van der Waals surface area (Å²) >= 11 is 0. The molecule has 0 N–H and O–H groups in total. The number of ether oxygens (including phenoxy) is 2. The molecular weight excluding hydrogens is 346 g/mol. The molecule has 0 aliphatic rings. The molecule has 3 aromatic rings. The molecule has 0 unspecified atom stereocenters. The number of esters is 1. The minimum Gasteiger partial charge on any atom is -0.496 e. The van der Waals surface area contributed by atoms with E-state index in [9.17, 15) is 14.9 Å². The van der Waals surface area contributed by atoms with Crippen molar-refractivity contribution in [3.8, 4) is 11.5 Å². The molecule has 0 amide bonds. The highest BCUT2D eigenvalue weighted by atomic mass is 16.6. The van der Waals surface area contributed by atoms with Crippen molar-refractivity contribution in [2.45, 2.75) is 5.92 Å². The summed E-state index contributed by atoms with van der Waals surface area (Å²) in [5, 5.41) is 11.3. The van der Waals surface area contributed by atoms with Gasteiger partial charge in [-0.3, -0.25) is 14.9 Å². The summed E-state index contributed by atoms with van der Waals surface area (Å²) in [4.78, 5) is 23.7. The number of carbonyl (C=O) groups excluding carboxylic acids is 1. The lowest BCUT2D eigenvalue weighted by Gasteiger charge is -2.17. The van der Waals surface area contributed by atoms with Crippen LogP contribution in [0.5, 0.6) is 11.5 Å². The van der Waals surface area contributed by atoms with Crippen LogP contribution < -0.4 is 9.47 Å². The molecule has 0 saturated carbocycles. The standard InChI is InChI=1S/C21H17NO5/c1-26-17-12-13-19(18(14-17)22(24)25)27-21(23)20(15-8-4-2-5-9-15)16-10-6-3-7-11-16/h2-14,20H,1H3. The smallest absolute Gasteiger partial charge is 0.323 e. The van der Waals surface area contributed by atoms with Gasteiger partial charge in [-0.25, -0.2) is 0 Å². The third-order valence-corrected chi connectivity index (χ3v) is 4.07. The van der Waals surface area contributed by atoms with Crippen molar-refractivity contribution in [1.29, 1.82) is 0 Å². The monoisotopic (exact) mass is 363 g/mol. The highest BCUT2D eigenvalue weighted by Crippen LogP contribution is 2.33. The highest BCUT2D eigenvalue weighted by Gasteiger charge is 2.27. The number of hydrogen-bond donors (Lipinski definition) is 0. The molecule has 27 heavy (non-hydrogen) atoms. The second-order valence-electron chi connectivity index (χ2n) is 5.77. The minimum atomic E-state index is -0.700. The van der Waals surface area contributed by atoms with E-state index in [-0.39, 0.29) is 11.4 Å². The molecule has 0 atom stereocenters. The average Bonchev–Trinajstić information content (AvgIpc) is 2.70. The first-order chi connectivity index (χ1) is 13.1. The lowest BCUT2D eigenvalue weighted by atomic mass is 9.91. The maximum Gasteiger partial charge on any atom is 0.323 e. The van der Waals surface area contributed by atoms with E-state index in [0.717, 1.165) is 11.1 Å². The summed E-state index contributed by atoms with van der Waals surface area (Å²) in [7, 11) is 1.41. The van der Waals surface area contributed by atoms with Crippen LogP contribution in [0.4, 0.5) is 5.69 Å². The van der Waals surface area contributed by atoms with Gasteiger partial charge in [0.2, 0.25) is 5.75 Å². The zero-order valence-corrected chi connectivity index (χ0v) is 14.6. The van der Waals surface area contributed by atoms with Crippen LogP contribution in [0.2, 0.25) is 0 Å². The number of benzene rings is 3. The number of carbonyl (C=O) groups is 1.